The van der Waals surface area contributed by atoms with Crippen molar-refractivity contribution >= 4 is 17.6 Å². The van der Waals surface area contributed by atoms with Gasteiger partial charge in [0.25, 0.3) is 0 Å². The predicted octanol–water partition coefficient (Wildman–Crippen LogP) is 1.46. The van der Waals surface area contributed by atoms with Gasteiger partial charge in [0.05, 0.1) is 0 Å². The number of nitrogens with zero attached hydrogens (tertiary/aromatic N) is 3. The van der Waals surface area contributed by atoms with Crippen LogP contribution >= 0.6 is 0 Å². The summed E-state index contributed by atoms with van der Waals surface area (Å²) in [5.74, 6) is 3.97. The number of nitrogens with one attached hydrogen (secondary N) is 2. The number of anilines is 3. The molecule has 1 saturated heterocycles. The van der Waals surface area contributed by atoms with Gasteiger partial charge in [-0.2, -0.15) is 9.97 Å². The van der Waals surface area contributed by atoms with Crippen LogP contribution in [0.5, 0.6) is 0 Å². The molecule has 0 aromatic carbocycles. The Labute approximate surface area is 131 Å². The first-order chi connectivity index (χ1) is 10.7. The van der Waals surface area contributed by atoms with Gasteiger partial charge in [-0.1, -0.05) is 6.42 Å². The van der Waals surface area contributed by atoms with Crippen molar-refractivity contribution in [3.05, 3.63) is 6.07 Å². The molecule has 6 nitrogen and oxygen atoms in total. The largest absolute Gasteiger partial charge is 0.368 e. The summed E-state index contributed by atoms with van der Waals surface area (Å²) >= 11 is 0. The molecule has 22 heavy (non-hydrogen) atoms. The van der Waals surface area contributed by atoms with E-state index in [2.05, 4.69) is 31.6 Å². The minimum atomic E-state index is 0.371. The normalized spacial score (nSPS) is 33.6. The predicted molar refractivity (Wildman–Crippen MR) is 89.0 cm³/mol. The maximum atomic E-state index is 5.94. The zero-order valence-corrected chi connectivity index (χ0v) is 13.3. The molecule has 1 aromatic heterocycles. The highest BCUT2D eigenvalue weighted by Crippen LogP contribution is 2.45. The number of rotatable bonds is 4. The van der Waals surface area contributed by atoms with Gasteiger partial charge in [0.2, 0.25) is 5.95 Å². The molecular formula is C16H26N6. The van der Waals surface area contributed by atoms with Crippen LogP contribution in [-0.2, 0) is 0 Å². The first-order valence-corrected chi connectivity index (χ1v) is 8.54. The molecule has 0 spiro atoms. The highest BCUT2D eigenvalue weighted by molar-refractivity contribution is 5.54. The number of likely N-dealkylation sites (N-methyl/N-ethyl adjacent to an activating group) is 1. The van der Waals surface area contributed by atoms with Gasteiger partial charge in [-0.3, -0.25) is 0 Å². The number of hydrogen-bond donors (Lipinski definition) is 3. The summed E-state index contributed by atoms with van der Waals surface area (Å²) < 4.78 is 0. The number of fused-ring (bicyclic) bond motifs is 2. The molecule has 120 valence electrons. The van der Waals surface area contributed by atoms with Crippen molar-refractivity contribution in [2.45, 2.75) is 44.2 Å². The first-order valence-electron chi connectivity index (χ1n) is 8.54. The Morgan fingerprint density at radius 2 is 2.14 bits per heavy atom. The van der Waals surface area contributed by atoms with Crippen LogP contribution in [-0.4, -0.2) is 42.2 Å². The molecule has 0 radical (unpaired) electrons. The van der Waals surface area contributed by atoms with Crippen LogP contribution < -0.4 is 21.3 Å². The van der Waals surface area contributed by atoms with Crippen LogP contribution in [0.2, 0.25) is 0 Å². The Morgan fingerprint density at radius 3 is 2.82 bits per heavy atom. The van der Waals surface area contributed by atoms with E-state index >= 15 is 0 Å². The summed E-state index contributed by atoms with van der Waals surface area (Å²) in [5, 5.41) is 6.97. The molecule has 3 aliphatic rings. The van der Waals surface area contributed by atoms with Crippen molar-refractivity contribution in [3.8, 4) is 0 Å². The minimum Gasteiger partial charge on any atom is -0.368 e. The molecule has 2 saturated carbocycles. The van der Waals surface area contributed by atoms with Crippen molar-refractivity contribution < 1.29 is 0 Å². The molecule has 6 heteroatoms. The molecule has 2 heterocycles. The monoisotopic (exact) mass is 302 g/mol. The SMILES string of the molecule is CN[C@H]1CCN(c2cc(N[C@H]3C[C@@H]4CC[C@H]3C4)nc(N)n2)C1. The Kier molecular flexibility index (Phi) is 3.56. The fraction of sp³-hybridized carbons (Fsp3) is 0.750. The van der Waals surface area contributed by atoms with Crippen LogP contribution in [0.3, 0.4) is 0 Å². The Morgan fingerprint density at radius 1 is 1.23 bits per heavy atom. The van der Waals surface area contributed by atoms with Crippen LogP contribution in [0, 0.1) is 11.8 Å². The summed E-state index contributed by atoms with van der Waals surface area (Å²) in [6, 6.07) is 3.18. The second-order valence-electron chi connectivity index (χ2n) is 7.12. The van der Waals surface area contributed by atoms with E-state index in [0.717, 1.165) is 43.0 Å². The molecule has 1 aromatic rings. The average Bonchev–Trinajstić information content (AvgIpc) is 3.23. The van der Waals surface area contributed by atoms with Crippen molar-refractivity contribution in [1.82, 2.24) is 15.3 Å². The lowest BCUT2D eigenvalue weighted by atomic mass is 9.95. The van der Waals surface area contributed by atoms with Gasteiger partial charge < -0.3 is 21.3 Å². The second kappa shape index (κ2) is 5.57. The van der Waals surface area contributed by atoms with E-state index in [0.29, 0.717) is 18.0 Å². The summed E-state index contributed by atoms with van der Waals surface area (Å²) in [4.78, 5) is 11.1. The van der Waals surface area contributed by atoms with Gasteiger partial charge >= 0.3 is 0 Å². The van der Waals surface area contributed by atoms with Gasteiger partial charge in [-0.15, -0.1) is 0 Å². The Balaban J connectivity index is 1.49. The van der Waals surface area contributed by atoms with Crippen LogP contribution in [0.4, 0.5) is 17.6 Å². The topological polar surface area (TPSA) is 79.1 Å². The summed E-state index contributed by atoms with van der Waals surface area (Å²) in [6.07, 6.45) is 6.61. The number of aromatic nitrogens is 2. The second-order valence-corrected chi connectivity index (χ2v) is 7.12. The lowest BCUT2D eigenvalue weighted by molar-refractivity contribution is 0.439. The lowest BCUT2D eigenvalue weighted by Crippen LogP contribution is -2.30. The maximum Gasteiger partial charge on any atom is 0.223 e. The molecule has 4 N–H and O–H groups in total. The summed E-state index contributed by atoms with van der Waals surface area (Å²) in [7, 11) is 2.02. The fourth-order valence-corrected chi connectivity index (χ4v) is 4.50. The first kappa shape index (κ1) is 14.1. The molecule has 4 rings (SSSR count). The zero-order valence-electron chi connectivity index (χ0n) is 13.3. The van der Waals surface area contributed by atoms with E-state index in [9.17, 15) is 0 Å². The molecule has 2 aliphatic carbocycles. The Hall–Kier alpha value is -1.56. The maximum absolute atomic E-state index is 5.94. The third kappa shape index (κ3) is 2.60. The van der Waals surface area contributed by atoms with Crippen LogP contribution in [0.15, 0.2) is 6.07 Å². The van der Waals surface area contributed by atoms with Crippen molar-refractivity contribution in [2.24, 2.45) is 11.8 Å². The highest BCUT2D eigenvalue weighted by atomic mass is 15.3. The van der Waals surface area contributed by atoms with E-state index in [4.69, 9.17) is 5.73 Å². The standard InChI is InChI=1S/C16H26N6/c1-18-12-4-5-22(9-12)15-8-14(20-16(17)21-15)19-13-7-10-2-3-11(13)6-10/h8,10-13,18H,2-7,9H2,1H3,(H3,17,19,20,21)/t10-,11+,12+,13+/m1/s1. The summed E-state index contributed by atoms with van der Waals surface area (Å²) in [5.41, 5.74) is 5.94. The quantitative estimate of drug-likeness (QED) is 0.781. The third-order valence-electron chi connectivity index (χ3n) is 5.72. The summed E-state index contributed by atoms with van der Waals surface area (Å²) in [6.45, 7) is 2.01. The van der Waals surface area contributed by atoms with E-state index in [1.54, 1.807) is 0 Å². The molecule has 0 amide bonds. The minimum absolute atomic E-state index is 0.371. The van der Waals surface area contributed by atoms with E-state index < -0.39 is 0 Å². The smallest absolute Gasteiger partial charge is 0.223 e. The van der Waals surface area contributed by atoms with Crippen molar-refractivity contribution in [1.29, 1.82) is 0 Å². The average molecular weight is 302 g/mol. The Bertz CT molecular complexity index is 547. The highest BCUT2D eigenvalue weighted by Gasteiger charge is 2.39. The van der Waals surface area contributed by atoms with Crippen LogP contribution in [0.1, 0.15) is 32.1 Å². The van der Waals surface area contributed by atoms with E-state index in [1.807, 2.05) is 7.05 Å². The number of nitrogens with two attached hydrogens (primary N) is 1. The molecule has 0 unspecified atom stereocenters. The number of nitrogen functional groups attached to an aromatic ring is 1. The van der Waals surface area contributed by atoms with Gasteiger partial charge in [0.1, 0.15) is 11.6 Å². The van der Waals surface area contributed by atoms with Crippen molar-refractivity contribution in [3.63, 3.8) is 0 Å². The van der Waals surface area contributed by atoms with Gasteiger partial charge in [-0.05, 0) is 44.6 Å². The fourth-order valence-electron chi connectivity index (χ4n) is 4.50. The molecule has 4 atom stereocenters. The number of hydrogen-bond acceptors (Lipinski definition) is 6. The van der Waals surface area contributed by atoms with Crippen LogP contribution in [0.25, 0.3) is 0 Å². The zero-order chi connectivity index (χ0) is 15.1. The van der Waals surface area contributed by atoms with Crippen molar-refractivity contribution in [2.75, 3.05) is 36.1 Å². The van der Waals surface area contributed by atoms with Gasteiger partial charge in [0.15, 0.2) is 0 Å². The molecular weight excluding hydrogens is 276 g/mol. The molecule has 2 bridgehead atoms. The molecule has 3 fully saturated rings. The van der Waals surface area contributed by atoms with E-state index in [-0.39, 0.29) is 0 Å². The van der Waals surface area contributed by atoms with E-state index in [1.165, 1.54) is 25.7 Å². The third-order valence-corrected chi connectivity index (χ3v) is 5.72. The molecule has 1 aliphatic heterocycles. The van der Waals surface area contributed by atoms with Gasteiger partial charge in [0, 0.05) is 31.2 Å². The lowest BCUT2D eigenvalue weighted by Gasteiger charge is -2.24. The van der Waals surface area contributed by atoms with Gasteiger partial charge in [-0.25, -0.2) is 0 Å².